The first kappa shape index (κ1) is 21.1. The zero-order valence-electron chi connectivity index (χ0n) is 18.1. The Morgan fingerprint density at radius 3 is 2.35 bits per heavy atom. The van der Waals surface area contributed by atoms with Crippen molar-refractivity contribution in [2.45, 2.75) is 25.7 Å². The van der Waals surface area contributed by atoms with Gasteiger partial charge >= 0.3 is 0 Å². The van der Waals surface area contributed by atoms with Gasteiger partial charge in [-0.1, -0.05) is 42.5 Å². The first-order valence-corrected chi connectivity index (χ1v) is 11.1. The summed E-state index contributed by atoms with van der Waals surface area (Å²) in [6, 6.07) is 17.7. The molecule has 31 heavy (non-hydrogen) atoms. The van der Waals surface area contributed by atoms with E-state index in [0.717, 1.165) is 44.9 Å². The Morgan fingerprint density at radius 2 is 1.68 bits per heavy atom. The summed E-state index contributed by atoms with van der Waals surface area (Å²) in [5.74, 6) is 1.24. The number of fused-ring (bicyclic) bond motifs is 1. The van der Waals surface area contributed by atoms with Crippen LogP contribution in [0.1, 0.15) is 45.5 Å². The number of aliphatic imine (C=N–C) groups is 1. The maximum absolute atomic E-state index is 12.4. The highest BCUT2D eigenvalue weighted by atomic mass is 16.2. The maximum atomic E-state index is 12.4. The summed E-state index contributed by atoms with van der Waals surface area (Å²) in [4.78, 5) is 33.0. The Hall–Kier alpha value is -3.15. The molecule has 2 aliphatic heterocycles. The van der Waals surface area contributed by atoms with E-state index in [0.29, 0.717) is 23.6 Å². The molecule has 6 heteroatoms. The quantitative estimate of drug-likeness (QED) is 0.325. The minimum absolute atomic E-state index is 0.175. The smallest absolute Gasteiger partial charge is 0.261 e. The Kier molecular flexibility index (Phi) is 6.65. The molecule has 0 aromatic heterocycles. The van der Waals surface area contributed by atoms with Crippen molar-refractivity contribution in [3.63, 3.8) is 0 Å². The Bertz CT molecular complexity index is 922. The largest absolute Gasteiger partial charge is 0.356 e. The fraction of sp³-hybridized carbons (Fsp3) is 0.400. The molecular formula is C25H30N4O2. The number of guanidine groups is 1. The Labute approximate surface area is 184 Å². The van der Waals surface area contributed by atoms with E-state index in [9.17, 15) is 9.59 Å². The molecular weight excluding hydrogens is 388 g/mol. The van der Waals surface area contributed by atoms with Gasteiger partial charge in [0.2, 0.25) is 0 Å². The monoisotopic (exact) mass is 418 g/mol. The molecule has 0 radical (unpaired) electrons. The normalized spacial score (nSPS) is 18.6. The number of nitrogens with one attached hydrogen (secondary N) is 1. The van der Waals surface area contributed by atoms with Gasteiger partial charge in [-0.25, -0.2) is 0 Å². The third-order valence-electron chi connectivity index (χ3n) is 6.13. The van der Waals surface area contributed by atoms with Crippen LogP contribution in [0.3, 0.4) is 0 Å². The molecule has 6 nitrogen and oxygen atoms in total. The second-order valence-electron chi connectivity index (χ2n) is 8.28. The number of amides is 2. The highest BCUT2D eigenvalue weighted by Gasteiger charge is 2.34. The molecule has 2 aromatic carbocycles. The van der Waals surface area contributed by atoms with Crippen molar-refractivity contribution in [1.82, 2.24) is 15.1 Å². The summed E-state index contributed by atoms with van der Waals surface area (Å²) in [6.07, 6.45) is 3.92. The number of carbonyl (C=O) groups excluding carboxylic acids is 2. The molecule has 0 bridgehead atoms. The number of benzene rings is 2. The standard InChI is InChI=1S/C25H30N4O2/c1-26-25(28-16-13-20(18-28)17-19-9-3-2-4-10-19)27-14-7-8-15-29-23(30)21-11-5-6-12-22(21)24(29)31/h2-6,9-12,20H,7-8,13-18H2,1H3,(H,26,27). The highest BCUT2D eigenvalue weighted by molar-refractivity contribution is 6.21. The lowest BCUT2D eigenvalue weighted by molar-refractivity contribution is 0.0652. The molecule has 1 atom stereocenters. The van der Waals surface area contributed by atoms with Gasteiger partial charge in [0.1, 0.15) is 0 Å². The number of unbranched alkanes of at least 4 members (excludes halogenated alkanes) is 1. The third kappa shape index (κ3) is 4.79. The Morgan fingerprint density at radius 1 is 1.00 bits per heavy atom. The van der Waals surface area contributed by atoms with Crippen molar-refractivity contribution in [3.8, 4) is 0 Å². The molecule has 2 heterocycles. The van der Waals surface area contributed by atoms with Gasteiger partial charge in [-0.3, -0.25) is 19.5 Å². The van der Waals surface area contributed by atoms with E-state index in [1.807, 2.05) is 7.05 Å². The first-order chi connectivity index (χ1) is 15.2. The SMILES string of the molecule is CN=C(NCCCCN1C(=O)c2ccccc2C1=O)N1CCC(Cc2ccccc2)C1. The lowest BCUT2D eigenvalue weighted by Crippen LogP contribution is -2.40. The van der Waals surface area contributed by atoms with E-state index in [1.54, 1.807) is 24.3 Å². The van der Waals surface area contributed by atoms with Gasteiger partial charge in [0.15, 0.2) is 5.96 Å². The van der Waals surface area contributed by atoms with Crippen molar-refractivity contribution in [1.29, 1.82) is 0 Å². The molecule has 1 unspecified atom stereocenters. The predicted molar refractivity (Wildman–Crippen MR) is 122 cm³/mol. The van der Waals surface area contributed by atoms with E-state index < -0.39 is 0 Å². The van der Waals surface area contributed by atoms with Crippen molar-refractivity contribution in [2.24, 2.45) is 10.9 Å². The molecule has 2 aliphatic rings. The topological polar surface area (TPSA) is 65.0 Å². The number of rotatable bonds is 7. The van der Waals surface area contributed by atoms with E-state index in [2.05, 4.69) is 45.5 Å². The van der Waals surface area contributed by atoms with Crippen molar-refractivity contribution in [2.75, 3.05) is 33.2 Å². The fourth-order valence-corrected chi connectivity index (χ4v) is 4.51. The zero-order chi connectivity index (χ0) is 21.6. The number of hydrogen-bond acceptors (Lipinski definition) is 3. The minimum atomic E-state index is -0.175. The fourth-order valence-electron chi connectivity index (χ4n) is 4.51. The van der Waals surface area contributed by atoms with E-state index >= 15 is 0 Å². The van der Waals surface area contributed by atoms with Crippen LogP contribution in [0.2, 0.25) is 0 Å². The predicted octanol–water partition coefficient (Wildman–Crippen LogP) is 3.20. The summed E-state index contributed by atoms with van der Waals surface area (Å²) in [5, 5.41) is 3.45. The van der Waals surface area contributed by atoms with Crippen LogP contribution in [0.5, 0.6) is 0 Å². The van der Waals surface area contributed by atoms with Crippen molar-refractivity contribution >= 4 is 17.8 Å². The molecule has 1 saturated heterocycles. The van der Waals surface area contributed by atoms with Gasteiger partial charge in [0.25, 0.3) is 11.8 Å². The molecule has 2 amide bonds. The van der Waals surface area contributed by atoms with Crippen LogP contribution < -0.4 is 5.32 Å². The first-order valence-electron chi connectivity index (χ1n) is 11.1. The molecule has 1 fully saturated rings. The summed E-state index contributed by atoms with van der Waals surface area (Å²) in [6.45, 7) is 3.26. The summed E-state index contributed by atoms with van der Waals surface area (Å²) >= 11 is 0. The van der Waals surface area contributed by atoms with E-state index in [4.69, 9.17) is 0 Å². The van der Waals surface area contributed by atoms with E-state index in [1.165, 1.54) is 16.9 Å². The average molecular weight is 419 g/mol. The van der Waals surface area contributed by atoms with Gasteiger partial charge in [-0.05, 0) is 49.3 Å². The molecule has 1 N–H and O–H groups in total. The van der Waals surface area contributed by atoms with Crippen LogP contribution in [0.4, 0.5) is 0 Å². The lowest BCUT2D eigenvalue weighted by atomic mass is 9.99. The minimum Gasteiger partial charge on any atom is -0.356 e. The maximum Gasteiger partial charge on any atom is 0.261 e. The van der Waals surface area contributed by atoms with Gasteiger partial charge in [-0.2, -0.15) is 0 Å². The number of imide groups is 1. The molecule has 0 aliphatic carbocycles. The van der Waals surface area contributed by atoms with Crippen LogP contribution in [0.15, 0.2) is 59.6 Å². The van der Waals surface area contributed by atoms with Crippen LogP contribution in [0.25, 0.3) is 0 Å². The van der Waals surface area contributed by atoms with Gasteiger partial charge in [-0.15, -0.1) is 0 Å². The Balaban J connectivity index is 1.18. The summed E-state index contributed by atoms with van der Waals surface area (Å²) in [7, 11) is 1.83. The van der Waals surface area contributed by atoms with Crippen LogP contribution in [-0.2, 0) is 6.42 Å². The van der Waals surface area contributed by atoms with Crippen LogP contribution in [0, 0.1) is 5.92 Å². The van der Waals surface area contributed by atoms with Gasteiger partial charge < -0.3 is 10.2 Å². The molecule has 0 spiro atoms. The third-order valence-corrected chi connectivity index (χ3v) is 6.13. The second-order valence-corrected chi connectivity index (χ2v) is 8.28. The number of nitrogens with zero attached hydrogens (tertiary/aromatic N) is 3. The van der Waals surface area contributed by atoms with E-state index in [-0.39, 0.29) is 11.8 Å². The lowest BCUT2D eigenvalue weighted by Gasteiger charge is -2.22. The molecule has 4 rings (SSSR count). The molecule has 162 valence electrons. The van der Waals surface area contributed by atoms with Gasteiger partial charge in [0, 0.05) is 33.2 Å². The average Bonchev–Trinajstić information content (AvgIpc) is 3.35. The number of hydrogen-bond donors (Lipinski definition) is 1. The van der Waals surface area contributed by atoms with Gasteiger partial charge in [0.05, 0.1) is 11.1 Å². The second kappa shape index (κ2) is 9.77. The van der Waals surface area contributed by atoms with Crippen molar-refractivity contribution in [3.05, 3.63) is 71.3 Å². The van der Waals surface area contributed by atoms with Crippen LogP contribution >= 0.6 is 0 Å². The molecule has 2 aromatic rings. The highest BCUT2D eigenvalue weighted by Crippen LogP contribution is 2.23. The van der Waals surface area contributed by atoms with Crippen LogP contribution in [-0.4, -0.2) is 60.8 Å². The molecule has 0 saturated carbocycles. The summed E-state index contributed by atoms with van der Waals surface area (Å²) < 4.78 is 0. The number of carbonyl (C=O) groups is 2. The van der Waals surface area contributed by atoms with Crippen molar-refractivity contribution < 1.29 is 9.59 Å². The zero-order valence-corrected chi connectivity index (χ0v) is 18.1. The number of likely N-dealkylation sites (tertiary alicyclic amines) is 1. The summed E-state index contributed by atoms with van der Waals surface area (Å²) in [5.41, 5.74) is 2.43.